The molecule has 1 aliphatic rings. The quantitative estimate of drug-likeness (QED) is 0.375. The van der Waals surface area contributed by atoms with Crippen LogP contribution in [0.2, 0.25) is 0 Å². The first-order chi connectivity index (χ1) is 12.0. The third kappa shape index (κ3) is 5.99. The first-order valence-corrected chi connectivity index (χ1v) is 8.78. The Morgan fingerprint density at radius 1 is 1.31 bits per heavy atom. The molecule has 26 heavy (non-hydrogen) atoms. The van der Waals surface area contributed by atoms with Crippen LogP contribution in [0.5, 0.6) is 5.75 Å². The predicted molar refractivity (Wildman–Crippen MR) is 116 cm³/mol. The van der Waals surface area contributed by atoms with E-state index in [2.05, 4.69) is 41.6 Å². The maximum atomic E-state index is 5.77. The van der Waals surface area contributed by atoms with Gasteiger partial charge in [0, 0.05) is 52.3 Å². The molecule has 1 aromatic carbocycles. The summed E-state index contributed by atoms with van der Waals surface area (Å²) in [6, 6.07) is 6.25. The average Bonchev–Trinajstić information content (AvgIpc) is 2.65. The summed E-state index contributed by atoms with van der Waals surface area (Å²) >= 11 is 0. The molecule has 7 heteroatoms. The Bertz CT molecular complexity index is 589. The van der Waals surface area contributed by atoms with Crippen LogP contribution in [-0.2, 0) is 9.47 Å². The predicted octanol–water partition coefficient (Wildman–Crippen LogP) is 3.04. The normalized spacial score (nSPS) is 17.8. The van der Waals surface area contributed by atoms with E-state index in [9.17, 15) is 0 Å². The van der Waals surface area contributed by atoms with Crippen LogP contribution in [0.3, 0.4) is 0 Å². The number of hydrogen-bond acceptors (Lipinski definition) is 4. The Labute approximate surface area is 174 Å². The highest BCUT2D eigenvalue weighted by Crippen LogP contribution is 2.26. The Kier molecular flexibility index (Phi) is 9.67. The van der Waals surface area contributed by atoms with Crippen molar-refractivity contribution in [3.05, 3.63) is 29.3 Å². The van der Waals surface area contributed by atoms with Crippen molar-refractivity contribution in [1.82, 2.24) is 10.6 Å². The number of hydrogen-bond donors (Lipinski definition) is 2. The van der Waals surface area contributed by atoms with Crippen LogP contribution < -0.4 is 15.4 Å². The van der Waals surface area contributed by atoms with E-state index in [4.69, 9.17) is 14.2 Å². The molecule has 0 spiro atoms. The summed E-state index contributed by atoms with van der Waals surface area (Å²) in [4.78, 5) is 4.35. The Balaban J connectivity index is 0.00000338. The highest BCUT2D eigenvalue weighted by molar-refractivity contribution is 14.0. The van der Waals surface area contributed by atoms with E-state index in [1.165, 1.54) is 5.56 Å². The van der Waals surface area contributed by atoms with Crippen LogP contribution in [0.4, 0.5) is 0 Å². The molecule has 1 heterocycles. The summed E-state index contributed by atoms with van der Waals surface area (Å²) < 4.78 is 16.7. The van der Waals surface area contributed by atoms with Gasteiger partial charge in [0.15, 0.2) is 5.96 Å². The minimum atomic E-state index is -0.194. The van der Waals surface area contributed by atoms with Crippen LogP contribution in [0.25, 0.3) is 0 Å². The number of methoxy groups -OCH3 is 2. The molecule has 0 saturated carbocycles. The fourth-order valence-corrected chi connectivity index (χ4v) is 3.11. The van der Waals surface area contributed by atoms with E-state index in [0.29, 0.717) is 6.54 Å². The number of rotatable bonds is 6. The number of guanidine groups is 1. The molecule has 1 atom stereocenters. The minimum Gasteiger partial charge on any atom is -0.496 e. The third-order valence-electron chi connectivity index (χ3n) is 4.84. The fraction of sp³-hybridized carbons (Fsp3) is 0.632. The van der Waals surface area contributed by atoms with E-state index >= 15 is 0 Å². The van der Waals surface area contributed by atoms with Crippen molar-refractivity contribution in [2.75, 3.05) is 41.0 Å². The second-order valence-electron chi connectivity index (χ2n) is 6.54. The van der Waals surface area contributed by atoms with Crippen molar-refractivity contribution in [1.29, 1.82) is 0 Å². The molecule has 2 rings (SSSR count). The molecule has 0 amide bonds. The van der Waals surface area contributed by atoms with Crippen LogP contribution in [0.15, 0.2) is 23.2 Å². The van der Waals surface area contributed by atoms with Crippen molar-refractivity contribution in [3.8, 4) is 5.75 Å². The van der Waals surface area contributed by atoms with E-state index in [1.807, 2.05) is 6.07 Å². The van der Waals surface area contributed by atoms with Crippen molar-refractivity contribution in [2.45, 2.75) is 38.3 Å². The fourth-order valence-electron chi connectivity index (χ4n) is 3.11. The zero-order valence-corrected chi connectivity index (χ0v) is 18.8. The van der Waals surface area contributed by atoms with E-state index < -0.39 is 0 Å². The maximum absolute atomic E-state index is 5.77. The lowest BCUT2D eigenvalue weighted by Crippen LogP contribution is -2.51. The number of aryl methyl sites for hydroxylation is 1. The van der Waals surface area contributed by atoms with Crippen LogP contribution in [0, 0.1) is 6.92 Å². The van der Waals surface area contributed by atoms with Crippen molar-refractivity contribution < 1.29 is 14.2 Å². The average molecular weight is 477 g/mol. The lowest BCUT2D eigenvalue weighted by molar-refractivity contribution is -0.0855. The van der Waals surface area contributed by atoms with Crippen molar-refractivity contribution in [3.63, 3.8) is 0 Å². The van der Waals surface area contributed by atoms with Gasteiger partial charge in [-0.25, -0.2) is 0 Å². The number of benzene rings is 1. The zero-order chi connectivity index (χ0) is 18.3. The molecule has 2 N–H and O–H groups in total. The van der Waals surface area contributed by atoms with Gasteiger partial charge in [0.25, 0.3) is 0 Å². The number of ether oxygens (including phenoxy) is 3. The molecule has 148 valence electrons. The Hall–Kier alpha value is -1.06. The molecule has 0 aliphatic carbocycles. The molecule has 6 nitrogen and oxygen atoms in total. The lowest BCUT2D eigenvalue weighted by atomic mass is 9.94. The van der Waals surface area contributed by atoms with E-state index in [-0.39, 0.29) is 35.6 Å². The van der Waals surface area contributed by atoms with E-state index in [0.717, 1.165) is 43.3 Å². The molecule has 1 aliphatic heterocycles. The number of aliphatic imine (C=N–C) groups is 1. The second kappa shape index (κ2) is 10.9. The second-order valence-corrected chi connectivity index (χ2v) is 6.54. The standard InChI is InChI=1S/C19H31N3O3.HI/c1-14-6-7-17(23-4)16(12-14)15(2)22-18(20-3)21-13-19(24-5)8-10-25-11-9-19;/h6-7,12,15H,8-11,13H2,1-5H3,(H2,20,21,22);1H. The van der Waals surface area contributed by atoms with Gasteiger partial charge in [-0.3, -0.25) is 4.99 Å². The summed E-state index contributed by atoms with van der Waals surface area (Å²) in [5, 5.41) is 6.84. The summed E-state index contributed by atoms with van der Waals surface area (Å²) in [7, 11) is 5.24. The van der Waals surface area contributed by atoms with Gasteiger partial charge in [-0.2, -0.15) is 0 Å². The topological polar surface area (TPSA) is 64.1 Å². The zero-order valence-electron chi connectivity index (χ0n) is 16.4. The van der Waals surface area contributed by atoms with Crippen LogP contribution in [-0.4, -0.2) is 52.6 Å². The summed E-state index contributed by atoms with van der Waals surface area (Å²) in [5.74, 6) is 1.62. The molecule has 1 unspecified atom stereocenters. The number of halogens is 1. The van der Waals surface area contributed by atoms with Gasteiger partial charge in [-0.1, -0.05) is 17.7 Å². The van der Waals surface area contributed by atoms with Gasteiger partial charge in [-0.05, 0) is 19.9 Å². The monoisotopic (exact) mass is 477 g/mol. The summed E-state index contributed by atoms with van der Waals surface area (Å²) in [6.45, 7) is 6.35. The molecule has 1 aromatic rings. The smallest absolute Gasteiger partial charge is 0.191 e. The molecule has 0 bridgehead atoms. The highest BCUT2D eigenvalue weighted by atomic mass is 127. The Morgan fingerprint density at radius 3 is 2.58 bits per heavy atom. The van der Waals surface area contributed by atoms with Crippen molar-refractivity contribution >= 4 is 29.9 Å². The molecular weight excluding hydrogens is 445 g/mol. The maximum Gasteiger partial charge on any atom is 0.191 e. The third-order valence-corrected chi connectivity index (χ3v) is 4.84. The van der Waals surface area contributed by atoms with Gasteiger partial charge in [0.05, 0.1) is 18.8 Å². The SMILES string of the molecule is CN=C(NCC1(OC)CCOCC1)NC(C)c1cc(C)ccc1OC.I. The summed E-state index contributed by atoms with van der Waals surface area (Å²) in [5.41, 5.74) is 2.12. The van der Waals surface area contributed by atoms with Crippen LogP contribution >= 0.6 is 24.0 Å². The van der Waals surface area contributed by atoms with E-state index in [1.54, 1.807) is 21.3 Å². The highest BCUT2D eigenvalue weighted by Gasteiger charge is 2.32. The molecule has 1 saturated heterocycles. The molecule has 1 fully saturated rings. The molecule has 0 radical (unpaired) electrons. The van der Waals surface area contributed by atoms with Gasteiger partial charge >= 0.3 is 0 Å². The first-order valence-electron chi connectivity index (χ1n) is 8.78. The first kappa shape index (κ1) is 23.0. The minimum absolute atomic E-state index is 0. The Morgan fingerprint density at radius 2 is 2.00 bits per heavy atom. The largest absolute Gasteiger partial charge is 0.496 e. The number of nitrogens with zero attached hydrogens (tertiary/aromatic N) is 1. The lowest BCUT2D eigenvalue weighted by Gasteiger charge is -2.36. The van der Waals surface area contributed by atoms with Crippen LogP contribution in [0.1, 0.15) is 36.9 Å². The molecular formula is C19H32IN3O3. The summed E-state index contributed by atoms with van der Waals surface area (Å²) in [6.07, 6.45) is 1.77. The van der Waals surface area contributed by atoms with Gasteiger partial charge in [0.1, 0.15) is 5.75 Å². The van der Waals surface area contributed by atoms with Gasteiger partial charge in [0.2, 0.25) is 0 Å². The number of nitrogens with one attached hydrogen (secondary N) is 2. The van der Waals surface area contributed by atoms with Gasteiger partial charge in [-0.15, -0.1) is 24.0 Å². The van der Waals surface area contributed by atoms with Crippen molar-refractivity contribution in [2.24, 2.45) is 4.99 Å². The van der Waals surface area contributed by atoms with Gasteiger partial charge < -0.3 is 24.8 Å². The molecule has 0 aromatic heterocycles.